The highest BCUT2D eigenvalue weighted by Gasteiger charge is 2.28. The van der Waals surface area contributed by atoms with E-state index in [2.05, 4.69) is 38.2 Å². The quantitative estimate of drug-likeness (QED) is 0.873. The number of aryl methyl sites for hydroxylation is 1. The Balaban J connectivity index is 2.02. The van der Waals surface area contributed by atoms with Gasteiger partial charge in [-0.2, -0.15) is 0 Å². The fraction of sp³-hybridized carbons (Fsp3) is 0.632. The third kappa shape index (κ3) is 4.47. The van der Waals surface area contributed by atoms with Crippen LogP contribution in [0, 0.1) is 18.8 Å². The maximum Gasteiger partial charge on any atom is 0.317 e. The Kier molecular flexibility index (Phi) is 6.05. The summed E-state index contributed by atoms with van der Waals surface area (Å²) >= 11 is 0. The third-order valence-electron chi connectivity index (χ3n) is 4.94. The van der Waals surface area contributed by atoms with Gasteiger partial charge >= 0.3 is 6.03 Å². The topological polar surface area (TPSA) is 52.6 Å². The van der Waals surface area contributed by atoms with Crippen molar-refractivity contribution in [2.24, 2.45) is 11.8 Å². The van der Waals surface area contributed by atoms with E-state index in [0.29, 0.717) is 12.5 Å². The van der Waals surface area contributed by atoms with Gasteiger partial charge in [-0.05, 0) is 36.8 Å². The van der Waals surface area contributed by atoms with Crippen LogP contribution in [0.1, 0.15) is 50.3 Å². The minimum absolute atomic E-state index is 0.000323. The molecule has 0 bridgehead atoms. The molecule has 0 radical (unpaired) electrons. The lowest BCUT2D eigenvalue weighted by atomic mass is 9.93. The lowest BCUT2D eigenvalue weighted by Gasteiger charge is -2.29. The zero-order valence-electron chi connectivity index (χ0n) is 14.7. The number of amides is 2. The maximum atomic E-state index is 12.6. The van der Waals surface area contributed by atoms with E-state index in [9.17, 15) is 9.90 Å². The molecule has 1 saturated carbocycles. The number of aliphatic hydroxyl groups excluding tert-OH is 1. The molecule has 2 rings (SSSR count). The van der Waals surface area contributed by atoms with E-state index in [4.69, 9.17) is 0 Å². The number of rotatable bonds is 5. The summed E-state index contributed by atoms with van der Waals surface area (Å²) in [4.78, 5) is 14.3. The summed E-state index contributed by atoms with van der Waals surface area (Å²) in [5.41, 5.74) is 2.37. The Morgan fingerprint density at radius 2 is 2.04 bits per heavy atom. The van der Waals surface area contributed by atoms with Crippen molar-refractivity contribution in [2.75, 3.05) is 13.6 Å². The van der Waals surface area contributed by atoms with Gasteiger partial charge in [0.25, 0.3) is 0 Å². The Hall–Kier alpha value is -1.55. The molecule has 3 atom stereocenters. The Bertz CT molecular complexity index is 530. The van der Waals surface area contributed by atoms with E-state index in [1.807, 2.05) is 19.2 Å². The van der Waals surface area contributed by atoms with Crippen LogP contribution >= 0.6 is 0 Å². The number of hydrogen-bond acceptors (Lipinski definition) is 2. The lowest BCUT2D eigenvalue weighted by Crippen LogP contribution is -2.43. The van der Waals surface area contributed by atoms with E-state index >= 15 is 0 Å². The molecule has 1 aromatic rings. The standard InChI is InChI=1S/C19H30N2O2/c1-13(2)18(16-10-6-5-8-14(16)3)20-19(23)21(4)12-15-9-7-11-17(15)22/h5-6,8,10,13,15,17-18,22H,7,9,11-12H2,1-4H3,(H,20,23). The minimum Gasteiger partial charge on any atom is -0.393 e. The smallest absolute Gasteiger partial charge is 0.317 e. The Morgan fingerprint density at radius 1 is 1.35 bits per heavy atom. The molecule has 1 aliphatic rings. The molecule has 3 unspecified atom stereocenters. The van der Waals surface area contributed by atoms with Crippen LogP contribution in [-0.4, -0.2) is 35.7 Å². The number of carbonyl (C=O) groups is 1. The van der Waals surface area contributed by atoms with E-state index in [-0.39, 0.29) is 24.1 Å². The number of nitrogens with zero attached hydrogens (tertiary/aromatic N) is 1. The first-order valence-electron chi connectivity index (χ1n) is 8.65. The summed E-state index contributed by atoms with van der Waals surface area (Å²) < 4.78 is 0. The van der Waals surface area contributed by atoms with Crippen molar-refractivity contribution in [2.45, 2.75) is 52.2 Å². The minimum atomic E-state index is -0.262. The molecule has 0 saturated heterocycles. The highest BCUT2D eigenvalue weighted by Crippen LogP contribution is 2.27. The Morgan fingerprint density at radius 3 is 2.61 bits per heavy atom. The molecule has 4 nitrogen and oxygen atoms in total. The predicted octanol–water partition coefficient (Wildman–Crippen LogP) is 3.49. The van der Waals surface area contributed by atoms with Crippen molar-refractivity contribution in [3.05, 3.63) is 35.4 Å². The second-order valence-corrected chi connectivity index (χ2v) is 7.17. The predicted molar refractivity (Wildman–Crippen MR) is 93.3 cm³/mol. The second kappa shape index (κ2) is 7.82. The SMILES string of the molecule is Cc1ccccc1C(NC(=O)N(C)CC1CCCC1O)C(C)C. The molecular weight excluding hydrogens is 288 g/mol. The van der Waals surface area contributed by atoms with Crippen molar-refractivity contribution in [3.63, 3.8) is 0 Å². The van der Waals surface area contributed by atoms with Gasteiger partial charge in [-0.1, -0.05) is 44.5 Å². The van der Waals surface area contributed by atoms with Crippen LogP contribution in [0.2, 0.25) is 0 Å². The van der Waals surface area contributed by atoms with Crippen molar-refractivity contribution in [1.82, 2.24) is 10.2 Å². The molecule has 1 fully saturated rings. The summed E-state index contributed by atoms with van der Waals surface area (Å²) in [6.07, 6.45) is 2.66. The molecular formula is C19H30N2O2. The lowest BCUT2D eigenvalue weighted by molar-refractivity contribution is 0.113. The molecule has 2 N–H and O–H groups in total. The highest BCUT2D eigenvalue weighted by molar-refractivity contribution is 5.74. The van der Waals surface area contributed by atoms with Crippen molar-refractivity contribution < 1.29 is 9.90 Å². The number of nitrogens with one attached hydrogen (secondary N) is 1. The zero-order chi connectivity index (χ0) is 17.0. The van der Waals surface area contributed by atoms with Crippen LogP contribution in [0.3, 0.4) is 0 Å². The summed E-state index contributed by atoms with van der Waals surface area (Å²) in [5.74, 6) is 0.521. The molecule has 1 aliphatic carbocycles. The van der Waals surface area contributed by atoms with Crippen molar-refractivity contribution >= 4 is 6.03 Å². The van der Waals surface area contributed by atoms with E-state index in [1.165, 1.54) is 11.1 Å². The first-order valence-corrected chi connectivity index (χ1v) is 8.65. The molecule has 0 spiro atoms. The average Bonchev–Trinajstić information content (AvgIpc) is 2.90. The summed E-state index contributed by atoms with van der Waals surface area (Å²) in [5, 5.41) is 13.1. The summed E-state index contributed by atoms with van der Waals surface area (Å²) in [6.45, 7) is 6.94. The summed E-state index contributed by atoms with van der Waals surface area (Å²) in [6, 6.07) is 8.13. The number of urea groups is 1. The molecule has 0 heterocycles. The normalized spacial score (nSPS) is 22.2. The average molecular weight is 318 g/mol. The second-order valence-electron chi connectivity index (χ2n) is 7.17. The van der Waals surface area contributed by atoms with Crippen LogP contribution < -0.4 is 5.32 Å². The van der Waals surface area contributed by atoms with Crippen molar-refractivity contribution in [3.8, 4) is 0 Å². The fourth-order valence-corrected chi connectivity index (χ4v) is 3.45. The van der Waals surface area contributed by atoms with Crippen molar-refractivity contribution in [1.29, 1.82) is 0 Å². The van der Waals surface area contributed by atoms with Gasteiger partial charge in [0.1, 0.15) is 0 Å². The van der Waals surface area contributed by atoms with Gasteiger partial charge in [-0.3, -0.25) is 0 Å². The zero-order valence-corrected chi connectivity index (χ0v) is 14.7. The molecule has 0 aromatic heterocycles. The van der Waals surface area contributed by atoms with Crippen LogP contribution in [-0.2, 0) is 0 Å². The van der Waals surface area contributed by atoms with E-state index < -0.39 is 0 Å². The first-order chi connectivity index (χ1) is 10.9. The summed E-state index contributed by atoms with van der Waals surface area (Å²) in [7, 11) is 1.82. The van der Waals surface area contributed by atoms with Crippen LogP contribution in [0.15, 0.2) is 24.3 Å². The number of aliphatic hydroxyl groups is 1. The molecule has 4 heteroatoms. The number of hydrogen-bond donors (Lipinski definition) is 2. The van der Waals surface area contributed by atoms with Gasteiger partial charge in [0.05, 0.1) is 12.1 Å². The molecule has 2 amide bonds. The molecule has 0 aliphatic heterocycles. The molecule has 128 valence electrons. The maximum absolute atomic E-state index is 12.6. The molecule has 23 heavy (non-hydrogen) atoms. The van der Waals surface area contributed by atoms with Crippen LogP contribution in [0.4, 0.5) is 4.79 Å². The molecule has 1 aromatic carbocycles. The van der Waals surface area contributed by atoms with Gasteiger partial charge < -0.3 is 15.3 Å². The van der Waals surface area contributed by atoms with Crippen LogP contribution in [0.5, 0.6) is 0 Å². The van der Waals surface area contributed by atoms with Gasteiger partial charge in [-0.15, -0.1) is 0 Å². The highest BCUT2D eigenvalue weighted by atomic mass is 16.3. The monoisotopic (exact) mass is 318 g/mol. The van der Waals surface area contributed by atoms with Gasteiger partial charge in [0.15, 0.2) is 0 Å². The van der Waals surface area contributed by atoms with Gasteiger partial charge in [-0.25, -0.2) is 4.79 Å². The first kappa shape index (κ1) is 17.8. The third-order valence-corrected chi connectivity index (χ3v) is 4.94. The number of benzene rings is 1. The Labute approximate surface area is 139 Å². The van der Waals surface area contributed by atoms with Crippen LogP contribution in [0.25, 0.3) is 0 Å². The number of carbonyl (C=O) groups excluding carboxylic acids is 1. The fourth-order valence-electron chi connectivity index (χ4n) is 3.45. The van der Waals surface area contributed by atoms with E-state index in [1.54, 1.807) is 4.90 Å². The van der Waals surface area contributed by atoms with Gasteiger partial charge in [0.2, 0.25) is 0 Å². The largest absolute Gasteiger partial charge is 0.393 e. The van der Waals surface area contributed by atoms with Gasteiger partial charge in [0, 0.05) is 19.5 Å². The van der Waals surface area contributed by atoms with E-state index in [0.717, 1.165) is 19.3 Å².